The summed E-state index contributed by atoms with van der Waals surface area (Å²) in [6.07, 6.45) is 7.40. The number of hydrogen-bond acceptors (Lipinski definition) is 4. The number of fused-ring (bicyclic) bond motifs is 2. The molecule has 27 heavy (non-hydrogen) atoms. The van der Waals surface area contributed by atoms with E-state index in [0.29, 0.717) is 5.82 Å². The smallest absolute Gasteiger partial charge is 0.180 e. The Morgan fingerprint density at radius 2 is 2.04 bits per heavy atom. The highest BCUT2D eigenvalue weighted by atomic mass is 16.3. The van der Waals surface area contributed by atoms with Gasteiger partial charge in [-0.2, -0.15) is 0 Å². The molecule has 0 saturated heterocycles. The van der Waals surface area contributed by atoms with Crippen LogP contribution in [0.5, 0.6) is 0 Å². The molecule has 3 N–H and O–H groups in total. The van der Waals surface area contributed by atoms with Crippen molar-refractivity contribution in [3.05, 3.63) is 78.9 Å². The molecule has 132 valence electrons. The van der Waals surface area contributed by atoms with Gasteiger partial charge in [0.05, 0.1) is 18.5 Å². The number of aromatic nitrogens is 4. The van der Waals surface area contributed by atoms with Gasteiger partial charge in [0.1, 0.15) is 0 Å². The second kappa shape index (κ2) is 6.26. The molecule has 5 aromatic rings. The maximum atomic E-state index is 9.40. The Morgan fingerprint density at radius 1 is 1.07 bits per heavy atom. The number of aliphatic hydroxyl groups is 1. The molecule has 0 radical (unpaired) electrons. The van der Waals surface area contributed by atoms with Crippen molar-refractivity contribution in [2.75, 3.05) is 5.32 Å². The third-order valence-corrected chi connectivity index (χ3v) is 4.65. The molecule has 0 spiro atoms. The molecule has 6 nitrogen and oxygen atoms in total. The van der Waals surface area contributed by atoms with Crippen LogP contribution in [0.2, 0.25) is 0 Å². The number of nitrogens with one attached hydrogen (secondary N) is 2. The quantitative estimate of drug-likeness (QED) is 0.453. The molecule has 0 aliphatic heterocycles. The number of imidazole rings is 1. The van der Waals surface area contributed by atoms with Gasteiger partial charge in [-0.05, 0) is 35.9 Å². The van der Waals surface area contributed by atoms with Gasteiger partial charge in [0.15, 0.2) is 11.5 Å². The summed E-state index contributed by atoms with van der Waals surface area (Å²) in [5, 5.41) is 13.9. The van der Waals surface area contributed by atoms with Crippen LogP contribution in [0.25, 0.3) is 27.8 Å². The molecular weight excluding hydrogens is 338 g/mol. The van der Waals surface area contributed by atoms with E-state index in [2.05, 4.69) is 26.3 Å². The van der Waals surface area contributed by atoms with E-state index in [9.17, 15) is 5.11 Å². The van der Waals surface area contributed by atoms with Crippen molar-refractivity contribution in [2.45, 2.75) is 6.61 Å². The highest BCUT2D eigenvalue weighted by Crippen LogP contribution is 2.27. The van der Waals surface area contributed by atoms with Crippen LogP contribution in [0, 0.1) is 0 Å². The summed E-state index contributed by atoms with van der Waals surface area (Å²) in [4.78, 5) is 12.2. The molecule has 0 atom stereocenters. The van der Waals surface area contributed by atoms with Gasteiger partial charge in [-0.1, -0.05) is 18.2 Å². The minimum absolute atomic E-state index is 0.0145. The van der Waals surface area contributed by atoms with Gasteiger partial charge in [0.2, 0.25) is 0 Å². The van der Waals surface area contributed by atoms with Crippen LogP contribution in [0.4, 0.5) is 11.5 Å². The zero-order valence-corrected chi connectivity index (χ0v) is 14.4. The fraction of sp³-hybridized carbons (Fsp3) is 0.0476. The van der Waals surface area contributed by atoms with Crippen molar-refractivity contribution in [1.29, 1.82) is 0 Å². The first-order valence-corrected chi connectivity index (χ1v) is 8.68. The van der Waals surface area contributed by atoms with Crippen LogP contribution < -0.4 is 5.32 Å². The molecule has 6 heteroatoms. The number of rotatable bonds is 4. The van der Waals surface area contributed by atoms with Crippen LogP contribution in [-0.2, 0) is 6.61 Å². The van der Waals surface area contributed by atoms with E-state index in [0.717, 1.165) is 39.1 Å². The number of aliphatic hydroxyl groups excluding tert-OH is 1. The Kier molecular flexibility index (Phi) is 3.62. The fourth-order valence-corrected chi connectivity index (χ4v) is 3.32. The number of aromatic amines is 1. The van der Waals surface area contributed by atoms with Crippen molar-refractivity contribution in [2.24, 2.45) is 0 Å². The lowest BCUT2D eigenvalue weighted by Crippen LogP contribution is -1.98. The molecule has 0 saturated carbocycles. The van der Waals surface area contributed by atoms with E-state index in [4.69, 9.17) is 0 Å². The predicted molar refractivity (Wildman–Crippen MR) is 106 cm³/mol. The average Bonchev–Trinajstić information content (AvgIpc) is 3.35. The first kappa shape index (κ1) is 15.6. The highest BCUT2D eigenvalue weighted by molar-refractivity contribution is 5.85. The fourth-order valence-electron chi connectivity index (χ4n) is 3.32. The van der Waals surface area contributed by atoms with Gasteiger partial charge >= 0.3 is 0 Å². The van der Waals surface area contributed by atoms with Gasteiger partial charge in [-0.15, -0.1) is 0 Å². The van der Waals surface area contributed by atoms with E-state index in [1.165, 1.54) is 0 Å². The Morgan fingerprint density at radius 3 is 2.96 bits per heavy atom. The van der Waals surface area contributed by atoms with E-state index in [1.54, 1.807) is 6.20 Å². The number of hydrogen-bond donors (Lipinski definition) is 3. The van der Waals surface area contributed by atoms with Crippen LogP contribution in [0.1, 0.15) is 5.56 Å². The van der Waals surface area contributed by atoms with Crippen LogP contribution in [0.15, 0.2) is 73.3 Å². The molecule has 5 rings (SSSR count). The number of nitrogens with zero attached hydrogens (tertiary/aromatic N) is 3. The van der Waals surface area contributed by atoms with Crippen molar-refractivity contribution in [1.82, 2.24) is 19.4 Å². The zero-order chi connectivity index (χ0) is 18.2. The molecular formula is C21H17N5O. The minimum atomic E-state index is 0.0145. The van der Waals surface area contributed by atoms with Crippen LogP contribution >= 0.6 is 0 Å². The molecule has 3 heterocycles. The number of anilines is 2. The molecule has 0 bridgehead atoms. The first-order valence-electron chi connectivity index (χ1n) is 8.68. The lowest BCUT2D eigenvalue weighted by atomic mass is 10.1. The van der Waals surface area contributed by atoms with E-state index < -0.39 is 0 Å². The van der Waals surface area contributed by atoms with Gasteiger partial charge in [-0.3, -0.25) is 4.40 Å². The third kappa shape index (κ3) is 2.72. The van der Waals surface area contributed by atoms with Crippen molar-refractivity contribution >= 4 is 28.1 Å². The van der Waals surface area contributed by atoms with Gasteiger partial charge < -0.3 is 15.4 Å². The molecule has 3 aromatic heterocycles. The normalized spacial score (nSPS) is 11.3. The Hall–Kier alpha value is -3.64. The number of benzene rings is 2. The van der Waals surface area contributed by atoms with Gasteiger partial charge in [-0.25, -0.2) is 9.97 Å². The second-order valence-corrected chi connectivity index (χ2v) is 6.38. The number of H-pyrrole nitrogens is 1. The summed E-state index contributed by atoms with van der Waals surface area (Å²) in [6, 6.07) is 16.0. The van der Waals surface area contributed by atoms with E-state index in [1.807, 2.05) is 65.5 Å². The first-order chi connectivity index (χ1) is 13.3. The lowest BCUT2D eigenvalue weighted by Gasteiger charge is -2.08. The molecule has 0 unspecified atom stereocenters. The summed E-state index contributed by atoms with van der Waals surface area (Å²) in [5.74, 6) is 0.692. The molecule has 0 amide bonds. The van der Waals surface area contributed by atoms with Crippen LogP contribution in [0.3, 0.4) is 0 Å². The summed E-state index contributed by atoms with van der Waals surface area (Å²) >= 11 is 0. The predicted octanol–water partition coefficient (Wildman–Crippen LogP) is 4.11. The zero-order valence-electron chi connectivity index (χ0n) is 14.4. The van der Waals surface area contributed by atoms with Gasteiger partial charge in [0.25, 0.3) is 0 Å². The standard InChI is InChI=1S/C21H17N5O/c27-13-14-2-1-3-16(10-14)19-12-24-21-20(23-8-9-26(19)21)25-17-4-5-18-15(11-17)6-7-22-18/h1-12,22,27H,13H2,(H,23,25). The maximum absolute atomic E-state index is 9.40. The molecule has 0 aliphatic carbocycles. The van der Waals surface area contributed by atoms with Crippen molar-refractivity contribution < 1.29 is 5.11 Å². The maximum Gasteiger partial charge on any atom is 0.180 e. The minimum Gasteiger partial charge on any atom is -0.392 e. The summed E-state index contributed by atoms with van der Waals surface area (Å²) < 4.78 is 2.00. The summed E-state index contributed by atoms with van der Waals surface area (Å²) in [7, 11) is 0. The Balaban J connectivity index is 1.56. The third-order valence-electron chi connectivity index (χ3n) is 4.65. The molecule has 0 aliphatic rings. The Bertz CT molecular complexity index is 1250. The molecule has 0 fully saturated rings. The lowest BCUT2D eigenvalue weighted by molar-refractivity contribution is 0.282. The molecule has 2 aromatic carbocycles. The topological polar surface area (TPSA) is 78.2 Å². The monoisotopic (exact) mass is 355 g/mol. The largest absolute Gasteiger partial charge is 0.392 e. The van der Waals surface area contributed by atoms with Crippen molar-refractivity contribution in [3.63, 3.8) is 0 Å². The SMILES string of the molecule is OCc1cccc(-c2cnc3c(Nc4ccc5[nH]ccc5c4)nccn23)c1. The van der Waals surface area contributed by atoms with E-state index >= 15 is 0 Å². The second-order valence-electron chi connectivity index (χ2n) is 6.38. The van der Waals surface area contributed by atoms with Crippen LogP contribution in [-0.4, -0.2) is 24.5 Å². The average molecular weight is 355 g/mol. The summed E-state index contributed by atoms with van der Waals surface area (Å²) in [6.45, 7) is 0.0145. The Labute approximate surface area is 155 Å². The highest BCUT2D eigenvalue weighted by Gasteiger charge is 2.11. The summed E-state index contributed by atoms with van der Waals surface area (Å²) in [5.41, 5.74) is 5.62. The van der Waals surface area contributed by atoms with Crippen molar-refractivity contribution in [3.8, 4) is 11.3 Å². The van der Waals surface area contributed by atoms with E-state index in [-0.39, 0.29) is 6.61 Å². The van der Waals surface area contributed by atoms with Gasteiger partial charge in [0, 0.05) is 40.7 Å².